The Kier molecular flexibility index (Phi) is 4.21. The van der Waals surface area contributed by atoms with Gasteiger partial charge in [-0.15, -0.1) is 11.3 Å². The zero-order valence-corrected chi connectivity index (χ0v) is 16.3. The van der Waals surface area contributed by atoms with E-state index in [1.54, 1.807) is 0 Å². The van der Waals surface area contributed by atoms with Crippen molar-refractivity contribution >= 4 is 32.8 Å². The van der Waals surface area contributed by atoms with Gasteiger partial charge in [0.2, 0.25) is 0 Å². The Labute approximate surface area is 149 Å². The highest BCUT2D eigenvalue weighted by Crippen LogP contribution is 2.39. The van der Waals surface area contributed by atoms with Gasteiger partial charge in [-0.25, -0.2) is 0 Å². The van der Waals surface area contributed by atoms with Gasteiger partial charge in [-0.05, 0) is 40.2 Å². The van der Waals surface area contributed by atoms with Gasteiger partial charge in [-0.2, -0.15) is 0 Å². The molecule has 0 radical (unpaired) electrons. The molecule has 0 aliphatic carbocycles. The second-order valence-electron chi connectivity index (χ2n) is 8.53. The van der Waals surface area contributed by atoms with Crippen LogP contribution < -0.4 is 5.32 Å². The first-order chi connectivity index (χ1) is 11.2. The van der Waals surface area contributed by atoms with Crippen LogP contribution in [0.2, 0.25) is 0 Å². The van der Waals surface area contributed by atoms with Crippen molar-refractivity contribution in [3.8, 4) is 0 Å². The zero-order chi connectivity index (χ0) is 17.5. The van der Waals surface area contributed by atoms with Crippen LogP contribution in [0.25, 0.3) is 10.1 Å². The lowest BCUT2D eigenvalue weighted by atomic mass is 9.84. The first-order valence-electron chi connectivity index (χ1n) is 8.54. The Morgan fingerprint density at radius 3 is 2.04 bits per heavy atom. The number of rotatable bonds is 2. The largest absolute Gasteiger partial charge is 0.354 e. The average molecular weight is 338 g/mol. The van der Waals surface area contributed by atoms with Gasteiger partial charge in [0.1, 0.15) is 0 Å². The molecule has 3 aromatic rings. The normalized spacial score (nSPS) is 12.6. The van der Waals surface area contributed by atoms with Gasteiger partial charge in [0.25, 0.3) is 0 Å². The minimum Gasteiger partial charge on any atom is -0.354 e. The third kappa shape index (κ3) is 3.34. The third-order valence-corrected chi connectivity index (χ3v) is 5.38. The number of benzene rings is 2. The molecule has 1 N–H and O–H groups in total. The van der Waals surface area contributed by atoms with Crippen molar-refractivity contribution in [1.82, 2.24) is 0 Å². The van der Waals surface area contributed by atoms with E-state index in [0.29, 0.717) is 0 Å². The molecule has 0 aliphatic rings. The van der Waals surface area contributed by atoms with Crippen LogP contribution in [0.1, 0.15) is 52.7 Å². The second kappa shape index (κ2) is 5.93. The SMILES string of the molecule is CC(C)(C)c1ccc(Nc2csc3cccc(C(C)(C)C)c23)cc1. The molecule has 0 saturated heterocycles. The Balaban J connectivity index is 1.99. The summed E-state index contributed by atoms with van der Waals surface area (Å²) in [5, 5.41) is 7.22. The summed E-state index contributed by atoms with van der Waals surface area (Å²) in [5.41, 5.74) is 5.43. The van der Waals surface area contributed by atoms with E-state index in [1.165, 1.54) is 26.9 Å². The van der Waals surface area contributed by atoms with Crippen LogP contribution in [0.15, 0.2) is 47.8 Å². The smallest absolute Gasteiger partial charge is 0.0575 e. The molecule has 0 bridgehead atoms. The minimum atomic E-state index is 0.132. The molecule has 2 heteroatoms. The first-order valence-corrected chi connectivity index (χ1v) is 9.42. The number of nitrogens with one attached hydrogen (secondary N) is 1. The van der Waals surface area contributed by atoms with E-state index in [4.69, 9.17) is 0 Å². The van der Waals surface area contributed by atoms with E-state index in [0.717, 1.165) is 5.69 Å². The monoisotopic (exact) mass is 337 g/mol. The summed E-state index contributed by atoms with van der Waals surface area (Å²) in [5.74, 6) is 0. The van der Waals surface area contributed by atoms with Crippen LogP contribution in [0.3, 0.4) is 0 Å². The molecule has 1 heterocycles. The highest BCUT2D eigenvalue weighted by molar-refractivity contribution is 7.17. The number of anilines is 2. The maximum Gasteiger partial charge on any atom is 0.0575 e. The molecule has 0 fully saturated rings. The van der Waals surface area contributed by atoms with Gasteiger partial charge < -0.3 is 5.32 Å². The quantitative estimate of drug-likeness (QED) is 0.519. The highest BCUT2D eigenvalue weighted by Gasteiger charge is 2.20. The lowest BCUT2D eigenvalue weighted by Crippen LogP contribution is -2.11. The Morgan fingerprint density at radius 1 is 0.792 bits per heavy atom. The van der Waals surface area contributed by atoms with E-state index in [2.05, 4.69) is 94.7 Å². The summed E-state index contributed by atoms with van der Waals surface area (Å²) in [7, 11) is 0. The van der Waals surface area contributed by atoms with Crippen molar-refractivity contribution < 1.29 is 0 Å². The number of thiophene rings is 1. The first kappa shape index (κ1) is 17.0. The summed E-state index contributed by atoms with van der Waals surface area (Å²) in [4.78, 5) is 0. The van der Waals surface area contributed by atoms with Crippen molar-refractivity contribution in [2.45, 2.75) is 52.4 Å². The topological polar surface area (TPSA) is 12.0 Å². The summed E-state index contributed by atoms with van der Waals surface area (Å²) >= 11 is 1.81. The van der Waals surface area contributed by atoms with Gasteiger partial charge in [-0.1, -0.05) is 65.8 Å². The number of hydrogen-bond donors (Lipinski definition) is 1. The van der Waals surface area contributed by atoms with E-state index >= 15 is 0 Å². The third-order valence-electron chi connectivity index (χ3n) is 4.44. The molecule has 0 atom stereocenters. The van der Waals surface area contributed by atoms with Crippen LogP contribution in [-0.4, -0.2) is 0 Å². The maximum atomic E-state index is 3.63. The van der Waals surface area contributed by atoms with Gasteiger partial charge in [0, 0.05) is 21.2 Å². The van der Waals surface area contributed by atoms with Crippen LogP contribution in [0, 0.1) is 0 Å². The highest BCUT2D eigenvalue weighted by atomic mass is 32.1. The molecule has 126 valence electrons. The molecule has 1 nitrogen and oxygen atoms in total. The van der Waals surface area contributed by atoms with Crippen LogP contribution in [-0.2, 0) is 10.8 Å². The summed E-state index contributed by atoms with van der Waals surface area (Å²) in [6.45, 7) is 13.6. The lowest BCUT2D eigenvalue weighted by Gasteiger charge is -2.22. The molecule has 0 spiro atoms. The number of hydrogen-bond acceptors (Lipinski definition) is 2. The Hall–Kier alpha value is -1.80. The number of fused-ring (bicyclic) bond motifs is 1. The van der Waals surface area contributed by atoms with E-state index in [-0.39, 0.29) is 10.8 Å². The predicted molar refractivity (Wildman–Crippen MR) is 109 cm³/mol. The summed E-state index contributed by atoms with van der Waals surface area (Å²) in [6, 6.07) is 15.4. The fourth-order valence-electron chi connectivity index (χ4n) is 3.01. The standard InChI is InChI=1S/C22H27NS/c1-21(2,3)15-10-12-16(13-11-15)23-18-14-24-19-9-7-8-17(20(18)19)22(4,5)6/h7-14,23H,1-6H3. The molecule has 3 rings (SSSR count). The fraction of sp³-hybridized carbons (Fsp3) is 0.364. The van der Waals surface area contributed by atoms with Crippen LogP contribution in [0.5, 0.6) is 0 Å². The van der Waals surface area contributed by atoms with Crippen LogP contribution in [0.4, 0.5) is 11.4 Å². The summed E-state index contributed by atoms with van der Waals surface area (Å²) in [6.07, 6.45) is 0. The van der Waals surface area contributed by atoms with E-state index in [9.17, 15) is 0 Å². The molecule has 0 saturated carbocycles. The maximum absolute atomic E-state index is 3.63. The van der Waals surface area contributed by atoms with Gasteiger partial charge in [-0.3, -0.25) is 0 Å². The van der Waals surface area contributed by atoms with Crippen LogP contribution >= 0.6 is 11.3 Å². The Bertz CT molecular complexity index is 842. The van der Waals surface area contributed by atoms with Gasteiger partial charge in [0.05, 0.1) is 5.69 Å². The molecule has 2 aromatic carbocycles. The average Bonchev–Trinajstić information content (AvgIpc) is 2.89. The molecule has 0 aliphatic heterocycles. The lowest BCUT2D eigenvalue weighted by molar-refractivity contribution is 0.590. The molecular weight excluding hydrogens is 310 g/mol. The van der Waals surface area contributed by atoms with E-state index in [1.807, 2.05) is 11.3 Å². The fourth-order valence-corrected chi connectivity index (χ4v) is 3.93. The van der Waals surface area contributed by atoms with Gasteiger partial charge >= 0.3 is 0 Å². The van der Waals surface area contributed by atoms with Crippen molar-refractivity contribution in [1.29, 1.82) is 0 Å². The molecule has 1 aromatic heterocycles. The van der Waals surface area contributed by atoms with Crippen molar-refractivity contribution in [3.63, 3.8) is 0 Å². The molecule has 24 heavy (non-hydrogen) atoms. The van der Waals surface area contributed by atoms with Crippen molar-refractivity contribution in [2.24, 2.45) is 0 Å². The van der Waals surface area contributed by atoms with Gasteiger partial charge in [0.15, 0.2) is 0 Å². The molecular formula is C22H27NS. The summed E-state index contributed by atoms with van der Waals surface area (Å²) < 4.78 is 1.34. The van der Waals surface area contributed by atoms with Crippen molar-refractivity contribution in [3.05, 3.63) is 59.0 Å². The van der Waals surface area contributed by atoms with Crippen molar-refractivity contribution in [2.75, 3.05) is 5.32 Å². The Morgan fingerprint density at radius 2 is 1.46 bits per heavy atom. The minimum absolute atomic E-state index is 0.132. The molecule has 0 amide bonds. The predicted octanol–water partition coefficient (Wildman–Crippen LogP) is 7.24. The zero-order valence-electron chi connectivity index (χ0n) is 15.5. The second-order valence-corrected chi connectivity index (χ2v) is 9.44. The van der Waals surface area contributed by atoms with E-state index < -0.39 is 0 Å². The molecule has 0 unspecified atom stereocenters.